The van der Waals surface area contributed by atoms with E-state index >= 15 is 0 Å². The second-order valence-corrected chi connectivity index (χ2v) is 5.89. The van der Waals surface area contributed by atoms with E-state index in [1.807, 2.05) is 13.0 Å². The number of nitrogens with one attached hydrogen (secondary N) is 1. The van der Waals surface area contributed by atoms with Crippen LogP contribution in [0, 0.1) is 12.7 Å². The molecule has 3 heteroatoms. The Morgan fingerprint density at radius 1 is 1.42 bits per heavy atom. The van der Waals surface area contributed by atoms with E-state index in [1.165, 1.54) is 18.4 Å². The molecule has 1 aromatic rings. The SMILES string of the molecule is Cc1cc(F)ccc1CN(CC1CCCN1)C(C)C. The van der Waals surface area contributed by atoms with E-state index in [1.54, 1.807) is 12.1 Å². The minimum atomic E-state index is -0.144. The van der Waals surface area contributed by atoms with E-state index in [9.17, 15) is 4.39 Å². The molecule has 2 rings (SSSR count). The van der Waals surface area contributed by atoms with Crippen LogP contribution in [0.4, 0.5) is 4.39 Å². The molecule has 1 saturated heterocycles. The topological polar surface area (TPSA) is 15.3 Å². The Morgan fingerprint density at radius 2 is 2.21 bits per heavy atom. The summed E-state index contributed by atoms with van der Waals surface area (Å²) in [5.41, 5.74) is 2.28. The Labute approximate surface area is 116 Å². The summed E-state index contributed by atoms with van der Waals surface area (Å²) >= 11 is 0. The maximum absolute atomic E-state index is 13.1. The average Bonchev–Trinajstić information content (AvgIpc) is 2.84. The maximum Gasteiger partial charge on any atom is 0.123 e. The Kier molecular flexibility index (Phi) is 4.94. The number of aryl methyl sites for hydroxylation is 1. The minimum absolute atomic E-state index is 0.144. The molecule has 1 aliphatic heterocycles. The summed E-state index contributed by atoms with van der Waals surface area (Å²) in [5.74, 6) is -0.144. The number of rotatable bonds is 5. The molecular weight excluding hydrogens is 239 g/mol. The van der Waals surface area contributed by atoms with Gasteiger partial charge in [0.15, 0.2) is 0 Å². The fourth-order valence-corrected chi connectivity index (χ4v) is 2.71. The first-order valence-electron chi connectivity index (χ1n) is 7.28. The van der Waals surface area contributed by atoms with Gasteiger partial charge in [-0.25, -0.2) is 4.39 Å². The quantitative estimate of drug-likeness (QED) is 0.879. The molecule has 1 heterocycles. The zero-order valence-electron chi connectivity index (χ0n) is 12.2. The van der Waals surface area contributed by atoms with Crippen molar-refractivity contribution in [3.05, 3.63) is 35.1 Å². The molecule has 1 unspecified atom stereocenters. The van der Waals surface area contributed by atoms with Gasteiger partial charge >= 0.3 is 0 Å². The molecule has 1 aliphatic rings. The van der Waals surface area contributed by atoms with Crippen LogP contribution in [0.2, 0.25) is 0 Å². The minimum Gasteiger partial charge on any atom is -0.313 e. The molecule has 2 nitrogen and oxygen atoms in total. The van der Waals surface area contributed by atoms with Crippen LogP contribution in [0.25, 0.3) is 0 Å². The third-order valence-corrected chi connectivity index (χ3v) is 4.03. The zero-order valence-corrected chi connectivity index (χ0v) is 12.2. The third-order valence-electron chi connectivity index (χ3n) is 4.03. The van der Waals surface area contributed by atoms with Gasteiger partial charge in [0, 0.05) is 25.2 Å². The monoisotopic (exact) mass is 264 g/mol. The van der Waals surface area contributed by atoms with Gasteiger partial charge in [-0.15, -0.1) is 0 Å². The first kappa shape index (κ1) is 14.5. The molecule has 0 radical (unpaired) electrons. The molecular formula is C16H25FN2. The highest BCUT2D eigenvalue weighted by atomic mass is 19.1. The summed E-state index contributed by atoms with van der Waals surface area (Å²) in [6.07, 6.45) is 2.55. The van der Waals surface area contributed by atoms with Crippen molar-refractivity contribution in [1.82, 2.24) is 10.2 Å². The van der Waals surface area contributed by atoms with Crippen molar-refractivity contribution in [3.8, 4) is 0 Å². The van der Waals surface area contributed by atoms with Crippen molar-refractivity contribution in [2.75, 3.05) is 13.1 Å². The van der Waals surface area contributed by atoms with Gasteiger partial charge in [-0.05, 0) is 63.4 Å². The summed E-state index contributed by atoms with van der Waals surface area (Å²) in [7, 11) is 0. The van der Waals surface area contributed by atoms with Gasteiger partial charge in [0.25, 0.3) is 0 Å². The van der Waals surface area contributed by atoms with Gasteiger partial charge in [-0.2, -0.15) is 0 Å². The first-order chi connectivity index (χ1) is 9.06. The van der Waals surface area contributed by atoms with Crippen molar-refractivity contribution >= 4 is 0 Å². The van der Waals surface area contributed by atoms with E-state index in [-0.39, 0.29) is 5.82 Å². The van der Waals surface area contributed by atoms with Crippen molar-refractivity contribution in [3.63, 3.8) is 0 Å². The lowest BCUT2D eigenvalue weighted by Gasteiger charge is -2.30. The van der Waals surface area contributed by atoms with E-state index < -0.39 is 0 Å². The normalized spacial score (nSPS) is 19.6. The van der Waals surface area contributed by atoms with Gasteiger partial charge in [-0.1, -0.05) is 6.07 Å². The van der Waals surface area contributed by atoms with Crippen molar-refractivity contribution < 1.29 is 4.39 Å². The largest absolute Gasteiger partial charge is 0.313 e. The molecule has 0 aromatic heterocycles. The zero-order chi connectivity index (χ0) is 13.8. The average molecular weight is 264 g/mol. The molecule has 0 spiro atoms. The lowest BCUT2D eigenvalue weighted by atomic mass is 10.1. The predicted octanol–water partition coefficient (Wildman–Crippen LogP) is 3.10. The molecule has 106 valence electrons. The second-order valence-electron chi connectivity index (χ2n) is 5.89. The van der Waals surface area contributed by atoms with E-state index in [0.717, 1.165) is 25.2 Å². The van der Waals surface area contributed by atoms with Crippen LogP contribution in [0.5, 0.6) is 0 Å². The highest BCUT2D eigenvalue weighted by Crippen LogP contribution is 2.16. The van der Waals surface area contributed by atoms with Crippen LogP contribution in [0.15, 0.2) is 18.2 Å². The number of halogens is 1. The third kappa shape index (κ3) is 4.02. The predicted molar refractivity (Wildman–Crippen MR) is 77.7 cm³/mol. The Bertz CT molecular complexity index is 411. The van der Waals surface area contributed by atoms with E-state index in [4.69, 9.17) is 0 Å². The van der Waals surface area contributed by atoms with Crippen molar-refractivity contribution in [1.29, 1.82) is 0 Å². The van der Waals surface area contributed by atoms with Crippen LogP contribution in [0.1, 0.15) is 37.8 Å². The molecule has 0 aliphatic carbocycles. The maximum atomic E-state index is 13.1. The fraction of sp³-hybridized carbons (Fsp3) is 0.625. The van der Waals surface area contributed by atoms with Gasteiger partial charge in [0.1, 0.15) is 5.82 Å². The second kappa shape index (κ2) is 6.49. The lowest BCUT2D eigenvalue weighted by Crippen LogP contribution is -2.40. The van der Waals surface area contributed by atoms with Crippen LogP contribution in [0.3, 0.4) is 0 Å². The molecule has 1 aromatic carbocycles. The van der Waals surface area contributed by atoms with Gasteiger partial charge in [0.2, 0.25) is 0 Å². The van der Waals surface area contributed by atoms with Crippen molar-refractivity contribution in [2.24, 2.45) is 0 Å². The smallest absolute Gasteiger partial charge is 0.123 e. The van der Waals surface area contributed by atoms with Crippen molar-refractivity contribution in [2.45, 2.75) is 52.2 Å². The van der Waals surface area contributed by atoms with Gasteiger partial charge in [-0.3, -0.25) is 4.90 Å². The number of hydrogen-bond donors (Lipinski definition) is 1. The van der Waals surface area contributed by atoms with Crippen LogP contribution >= 0.6 is 0 Å². The number of hydrogen-bond acceptors (Lipinski definition) is 2. The molecule has 0 saturated carbocycles. The highest BCUT2D eigenvalue weighted by Gasteiger charge is 2.20. The fourth-order valence-electron chi connectivity index (χ4n) is 2.71. The van der Waals surface area contributed by atoms with E-state index in [2.05, 4.69) is 24.1 Å². The Balaban J connectivity index is 2.02. The summed E-state index contributed by atoms with van der Waals surface area (Å²) in [6, 6.07) is 6.23. The molecule has 1 fully saturated rings. The van der Waals surface area contributed by atoms with E-state index in [0.29, 0.717) is 12.1 Å². The molecule has 1 N–H and O–H groups in total. The summed E-state index contributed by atoms with van der Waals surface area (Å²) in [5, 5.41) is 3.55. The number of benzene rings is 1. The standard InChI is InChI=1S/C16H25FN2/c1-12(2)19(11-16-5-4-8-18-16)10-14-6-7-15(17)9-13(14)3/h6-7,9,12,16,18H,4-5,8,10-11H2,1-3H3. The molecule has 1 atom stereocenters. The lowest BCUT2D eigenvalue weighted by molar-refractivity contribution is 0.193. The molecule has 19 heavy (non-hydrogen) atoms. The summed E-state index contributed by atoms with van der Waals surface area (Å²) < 4.78 is 13.1. The van der Waals surface area contributed by atoms with Gasteiger partial charge in [0.05, 0.1) is 0 Å². The first-order valence-corrected chi connectivity index (χ1v) is 7.28. The molecule has 0 bridgehead atoms. The van der Waals surface area contributed by atoms with Gasteiger partial charge < -0.3 is 5.32 Å². The summed E-state index contributed by atoms with van der Waals surface area (Å²) in [6.45, 7) is 9.58. The van der Waals surface area contributed by atoms with Crippen LogP contribution in [-0.2, 0) is 6.54 Å². The summed E-state index contributed by atoms with van der Waals surface area (Å²) in [4.78, 5) is 2.48. The van der Waals surface area contributed by atoms with Crippen LogP contribution < -0.4 is 5.32 Å². The Morgan fingerprint density at radius 3 is 2.79 bits per heavy atom. The van der Waals surface area contributed by atoms with Crippen LogP contribution in [-0.4, -0.2) is 30.1 Å². The number of nitrogens with zero attached hydrogens (tertiary/aromatic N) is 1. The highest BCUT2D eigenvalue weighted by molar-refractivity contribution is 5.26. The molecule has 0 amide bonds. The Hall–Kier alpha value is -0.930.